The highest BCUT2D eigenvalue weighted by Gasteiger charge is 2.50. The van der Waals surface area contributed by atoms with Gasteiger partial charge in [0.25, 0.3) is 0 Å². The van der Waals surface area contributed by atoms with Crippen molar-refractivity contribution < 1.29 is 27.1 Å². The molecule has 1 saturated carbocycles. The minimum absolute atomic E-state index is 0.0121. The maximum atomic E-state index is 14.6. The molecule has 1 aromatic carbocycles. The predicted octanol–water partition coefficient (Wildman–Crippen LogP) is 5.26. The number of halogens is 6. The average molecular weight is 490 g/mol. The fourth-order valence-corrected chi connectivity index (χ4v) is 3.67. The molecular weight excluding hydrogens is 477 g/mol. The van der Waals surface area contributed by atoms with Crippen LogP contribution in [0.3, 0.4) is 0 Å². The van der Waals surface area contributed by atoms with Crippen molar-refractivity contribution >= 4 is 40.3 Å². The Morgan fingerprint density at radius 1 is 1.22 bits per heavy atom. The third-order valence-corrected chi connectivity index (χ3v) is 5.40. The van der Waals surface area contributed by atoms with Crippen LogP contribution in [0.5, 0.6) is 5.75 Å². The number of nitrogens with one attached hydrogen (secondary N) is 1. The molecule has 0 unspecified atom stereocenters. The van der Waals surface area contributed by atoms with Gasteiger partial charge in [-0.25, -0.2) is 14.2 Å². The van der Waals surface area contributed by atoms with Gasteiger partial charge in [-0.15, -0.1) is 0 Å². The van der Waals surface area contributed by atoms with Crippen molar-refractivity contribution in [2.75, 3.05) is 0 Å². The molecule has 0 aliphatic heterocycles. The molecule has 2 heterocycles. The van der Waals surface area contributed by atoms with Gasteiger partial charge in [-0.2, -0.15) is 13.2 Å². The molecule has 3 aromatic rings. The maximum Gasteiger partial charge on any atom is 0.413 e. The number of rotatable bonds is 4. The molecule has 1 fully saturated rings. The highest BCUT2D eigenvalue weighted by Crippen LogP contribution is 2.40. The van der Waals surface area contributed by atoms with E-state index in [2.05, 4.69) is 4.98 Å². The highest BCUT2D eigenvalue weighted by molar-refractivity contribution is 6.32. The van der Waals surface area contributed by atoms with E-state index in [1.165, 1.54) is 24.3 Å². The SMILES string of the molecule is O=C(N[C@@H](C1CC1)C(F)(F)F)Oc1cn(-c2c(F)cccc2Cl)c2nc(Cl)ccc2c1=O. The molecule has 1 aliphatic carbocycles. The van der Waals surface area contributed by atoms with Gasteiger partial charge in [0.15, 0.2) is 11.4 Å². The van der Waals surface area contributed by atoms with Gasteiger partial charge in [0, 0.05) is 0 Å². The van der Waals surface area contributed by atoms with Crippen molar-refractivity contribution in [3.05, 3.63) is 62.7 Å². The summed E-state index contributed by atoms with van der Waals surface area (Å²) >= 11 is 12.0. The first kappa shape index (κ1) is 22.3. The van der Waals surface area contributed by atoms with E-state index in [0.29, 0.717) is 12.8 Å². The normalized spacial score (nSPS) is 14.9. The standard InChI is InChI=1S/C20H13Cl2F4N3O3/c21-11-2-1-3-12(23)15(11)29-8-13(16(30)10-6-7-14(22)27-18(10)29)32-19(31)28-17(9-4-5-9)20(24,25)26/h1-3,6-9,17H,4-5H2,(H,28,31)/t17-/m0/s1. The molecule has 2 aromatic heterocycles. The number of ether oxygens (including phenoxy) is 1. The summed E-state index contributed by atoms with van der Waals surface area (Å²) in [5.41, 5.74) is -1.16. The van der Waals surface area contributed by atoms with Crippen LogP contribution in [-0.2, 0) is 0 Å². The van der Waals surface area contributed by atoms with Gasteiger partial charge in [-0.05, 0) is 43.0 Å². The fraction of sp³-hybridized carbons (Fsp3) is 0.250. The van der Waals surface area contributed by atoms with E-state index in [-0.39, 0.29) is 26.9 Å². The monoisotopic (exact) mass is 489 g/mol. The summed E-state index contributed by atoms with van der Waals surface area (Å²) in [7, 11) is 0. The number of aromatic nitrogens is 2. The number of alkyl halides is 3. The largest absolute Gasteiger partial charge is 0.413 e. The lowest BCUT2D eigenvalue weighted by atomic mass is 10.2. The topological polar surface area (TPSA) is 73.2 Å². The number of fused-ring (bicyclic) bond motifs is 1. The van der Waals surface area contributed by atoms with Crippen LogP contribution in [0, 0.1) is 11.7 Å². The van der Waals surface area contributed by atoms with Gasteiger partial charge in [-0.1, -0.05) is 29.3 Å². The maximum absolute atomic E-state index is 14.6. The van der Waals surface area contributed by atoms with Crippen molar-refractivity contribution in [2.45, 2.75) is 25.1 Å². The van der Waals surface area contributed by atoms with Gasteiger partial charge in [0.1, 0.15) is 22.7 Å². The van der Waals surface area contributed by atoms with Gasteiger partial charge in [0.2, 0.25) is 5.43 Å². The molecule has 12 heteroatoms. The number of hydrogen-bond acceptors (Lipinski definition) is 4. The minimum Gasteiger partial charge on any atom is -0.405 e. The van der Waals surface area contributed by atoms with E-state index in [1.807, 2.05) is 0 Å². The number of para-hydroxylation sites is 1. The second kappa shape index (κ2) is 8.25. The Labute approximate surface area is 187 Å². The van der Waals surface area contributed by atoms with Crippen LogP contribution in [0.1, 0.15) is 12.8 Å². The molecule has 1 atom stereocenters. The van der Waals surface area contributed by atoms with Crippen LogP contribution in [0.4, 0.5) is 22.4 Å². The van der Waals surface area contributed by atoms with E-state index in [0.717, 1.165) is 16.8 Å². The van der Waals surface area contributed by atoms with Crippen molar-refractivity contribution in [1.29, 1.82) is 0 Å². The lowest BCUT2D eigenvalue weighted by Gasteiger charge is -2.21. The smallest absolute Gasteiger partial charge is 0.405 e. The van der Waals surface area contributed by atoms with Gasteiger partial charge >= 0.3 is 12.3 Å². The molecule has 0 spiro atoms. The molecular formula is C20H13Cl2F4N3O3. The van der Waals surface area contributed by atoms with Gasteiger partial charge in [0.05, 0.1) is 16.6 Å². The molecule has 32 heavy (non-hydrogen) atoms. The summed E-state index contributed by atoms with van der Waals surface area (Å²) in [6, 6.07) is 4.30. The molecule has 4 rings (SSSR count). The molecule has 0 radical (unpaired) electrons. The Morgan fingerprint density at radius 3 is 2.56 bits per heavy atom. The fourth-order valence-electron chi connectivity index (χ4n) is 3.27. The Bertz CT molecular complexity index is 1260. The number of carbonyl (C=O) groups excluding carboxylic acids is 1. The zero-order valence-electron chi connectivity index (χ0n) is 15.9. The van der Waals surface area contributed by atoms with E-state index in [9.17, 15) is 27.2 Å². The predicted molar refractivity (Wildman–Crippen MR) is 109 cm³/mol. The molecule has 1 amide bonds. The third-order valence-electron chi connectivity index (χ3n) is 4.88. The first-order chi connectivity index (χ1) is 15.1. The third kappa shape index (κ3) is 4.37. The molecule has 1 aliphatic rings. The lowest BCUT2D eigenvalue weighted by molar-refractivity contribution is -0.158. The number of nitrogens with zero attached hydrogens (tertiary/aromatic N) is 2. The second-order valence-corrected chi connectivity index (χ2v) is 7.95. The first-order valence-electron chi connectivity index (χ1n) is 9.27. The minimum atomic E-state index is -4.68. The second-order valence-electron chi connectivity index (χ2n) is 7.16. The van der Waals surface area contributed by atoms with Crippen LogP contribution in [0.25, 0.3) is 16.7 Å². The molecule has 6 nitrogen and oxygen atoms in total. The number of carbonyl (C=O) groups is 1. The highest BCUT2D eigenvalue weighted by atomic mass is 35.5. The summed E-state index contributed by atoms with van der Waals surface area (Å²) in [6.07, 6.45) is -4.59. The zero-order valence-corrected chi connectivity index (χ0v) is 17.4. The summed E-state index contributed by atoms with van der Waals surface area (Å²) in [4.78, 5) is 29.0. The van der Waals surface area contributed by atoms with Crippen LogP contribution >= 0.6 is 23.2 Å². The Hall–Kier alpha value is -2.85. The summed E-state index contributed by atoms with van der Waals surface area (Å²) < 4.78 is 60.1. The summed E-state index contributed by atoms with van der Waals surface area (Å²) in [5, 5.41) is 1.58. The lowest BCUT2D eigenvalue weighted by Crippen LogP contribution is -2.48. The van der Waals surface area contributed by atoms with E-state index in [4.69, 9.17) is 27.9 Å². The van der Waals surface area contributed by atoms with E-state index < -0.39 is 41.2 Å². The van der Waals surface area contributed by atoms with Crippen LogP contribution in [0.2, 0.25) is 10.2 Å². The van der Waals surface area contributed by atoms with Gasteiger partial charge in [-0.3, -0.25) is 9.36 Å². The van der Waals surface area contributed by atoms with Crippen LogP contribution in [0.15, 0.2) is 41.3 Å². The quantitative estimate of drug-likeness (QED) is 0.400. The number of amides is 1. The molecule has 0 bridgehead atoms. The van der Waals surface area contributed by atoms with Crippen LogP contribution < -0.4 is 15.5 Å². The number of benzene rings is 1. The Balaban J connectivity index is 1.79. The molecule has 0 saturated heterocycles. The van der Waals surface area contributed by atoms with Crippen molar-refractivity contribution in [1.82, 2.24) is 14.9 Å². The van der Waals surface area contributed by atoms with Crippen molar-refractivity contribution in [3.8, 4) is 11.4 Å². The van der Waals surface area contributed by atoms with Crippen LogP contribution in [-0.4, -0.2) is 27.9 Å². The summed E-state index contributed by atoms with van der Waals surface area (Å²) in [6.45, 7) is 0. The van der Waals surface area contributed by atoms with Gasteiger partial charge < -0.3 is 10.1 Å². The zero-order chi connectivity index (χ0) is 23.2. The van der Waals surface area contributed by atoms with Crippen molar-refractivity contribution in [2.24, 2.45) is 5.92 Å². The number of pyridine rings is 2. The Kier molecular flexibility index (Phi) is 5.76. The average Bonchev–Trinajstić information content (AvgIpc) is 3.53. The Morgan fingerprint density at radius 2 is 1.94 bits per heavy atom. The van der Waals surface area contributed by atoms with E-state index in [1.54, 1.807) is 5.32 Å². The number of hydrogen-bond donors (Lipinski definition) is 1. The first-order valence-corrected chi connectivity index (χ1v) is 10.0. The summed E-state index contributed by atoms with van der Waals surface area (Å²) in [5.74, 6) is -2.18. The molecule has 168 valence electrons. The van der Waals surface area contributed by atoms with Crippen molar-refractivity contribution in [3.63, 3.8) is 0 Å². The van der Waals surface area contributed by atoms with E-state index >= 15 is 0 Å². The molecule has 1 N–H and O–H groups in total.